The summed E-state index contributed by atoms with van der Waals surface area (Å²) in [7, 11) is 2.09. The number of imide groups is 1. The summed E-state index contributed by atoms with van der Waals surface area (Å²) in [5.41, 5.74) is 7.33. The van der Waals surface area contributed by atoms with Gasteiger partial charge in [-0.25, -0.2) is 14.8 Å². The van der Waals surface area contributed by atoms with Crippen LogP contribution in [-0.2, 0) is 21.4 Å². The molecule has 0 spiro atoms. The minimum Gasteiger partial charge on any atom is -0.444 e. The Morgan fingerprint density at radius 2 is 1.61 bits per heavy atom. The highest BCUT2D eigenvalue weighted by Gasteiger charge is 2.31. The number of piperazine rings is 1. The first-order chi connectivity index (χ1) is 33.2. The Bertz CT molecular complexity index is 2660. The number of likely N-dealkylation sites (tertiary alicyclic amines) is 2. The zero-order valence-electron chi connectivity index (χ0n) is 40.5. The Morgan fingerprint density at radius 3 is 2.28 bits per heavy atom. The van der Waals surface area contributed by atoms with Gasteiger partial charge >= 0.3 is 6.09 Å². The van der Waals surface area contributed by atoms with Crippen molar-refractivity contribution < 1.29 is 23.9 Å². The monoisotopic (exact) mass is 956 g/mol. The number of aryl methyl sites for hydroxylation is 1. The highest BCUT2D eigenvalue weighted by atomic mass is 35.5. The third-order valence-corrected chi connectivity index (χ3v) is 14.8. The normalized spacial score (nSPS) is 19.7. The largest absolute Gasteiger partial charge is 0.444 e. The van der Waals surface area contributed by atoms with E-state index in [2.05, 4.69) is 72.4 Å². The van der Waals surface area contributed by atoms with Crippen LogP contribution in [0.25, 0.3) is 22.2 Å². The quantitative estimate of drug-likeness (QED) is 0.109. The van der Waals surface area contributed by atoms with Crippen LogP contribution in [0.5, 0.6) is 0 Å². The first-order valence-electron chi connectivity index (χ1n) is 24.6. The number of piperidine rings is 3. The van der Waals surface area contributed by atoms with Gasteiger partial charge in [0.25, 0.3) is 5.91 Å². The van der Waals surface area contributed by atoms with Crippen LogP contribution in [0, 0.1) is 5.92 Å². The summed E-state index contributed by atoms with van der Waals surface area (Å²) in [6, 6.07) is 22.0. The standard InChI is InChI=1S/C53H65ClN10O5/c1-34(46-31-42-41(16-21-55-49(42)60(46)5)39-10-14-47(56-32-39)58-52(68)69-53(2,3)4)62-24-19-37(20-25-62)36-6-8-38(9-7-36)51(67)64-22-17-35(18-23-64)33-61-26-28-63(29-27-61)45-13-11-40(30-43(45)54)57-44-12-15-48(65)59-50(44)66/h6-11,13-14,16,21,30-32,34-35,37,44,57H,12,15,17-20,22-29,33H2,1-5H3,(H,56,58,68)(H,59,65,66)/t34-,44?/m0/s1. The Labute approximate surface area is 409 Å². The second kappa shape index (κ2) is 20.5. The number of hydrogen-bond donors (Lipinski definition) is 3. The molecule has 364 valence electrons. The van der Waals surface area contributed by atoms with E-state index in [4.69, 9.17) is 21.3 Å². The van der Waals surface area contributed by atoms with Crippen molar-refractivity contribution in [1.29, 1.82) is 0 Å². The van der Waals surface area contributed by atoms with E-state index < -0.39 is 17.7 Å². The highest BCUT2D eigenvalue weighted by Crippen LogP contribution is 2.37. The number of carbonyl (C=O) groups excluding carboxylic acids is 4. The van der Waals surface area contributed by atoms with Crippen molar-refractivity contribution in [3.05, 3.63) is 101 Å². The molecule has 2 aromatic carbocycles. The summed E-state index contributed by atoms with van der Waals surface area (Å²) >= 11 is 6.74. The van der Waals surface area contributed by atoms with Crippen LogP contribution in [0.1, 0.15) is 99.8 Å². The maximum atomic E-state index is 13.7. The predicted octanol–water partition coefficient (Wildman–Crippen LogP) is 8.47. The Morgan fingerprint density at radius 1 is 0.870 bits per heavy atom. The van der Waals surface area contributed by atoms with E-state index in [1.54, 1.807) is 12.3 Å². The molecule has 1 unspecified atom stereocenters. The van der Waals surface area contributed by atoms with Crippen LogP contribution < -0.4 is 20.9 Å². The second-order valence-corrected chi connectivity index (χ2v) is 20.6. The molecule has 5 aromatic rings. The molecule has 0 bridgehead atoms. The van der Waals surface area contributed by atoms with Crippen molar-refractivity contribution in [3.63, 3.8) is 0 Å². The fourth-order valence-corrected chi connectivity index (χ4v) is 10.9. The molecule has 4 fully saturated rings. The number of benzene rings is 2. The van der Waals surface area contributed by atoms with Crippen molar-refractivity contribution in [3.8, 4) is 11.1 Å². The maximum Gasteiger partial charge on any atom is 0.413 e. The van der Waals surface area contributed by atoms with Crippen LogP contribution in [0.4, 0.5) is 22.0 Å². The molecule has 3 N–H and O–H groups in total. The lowest BCUT2D eigenvalue weighted by atomic mass is 9.88. The zero-order valence-corrected chi connectivity index (χ0v) is 41.2. The number of hydrogen-bond acceptors (Lipinski definition) is 11. The summed E-state index contributed by atoms with van der Waals surface area (Å²) in [5, 5.41) is 10.0. The van der Waals surface area contributed by atoms with Gasteiger partial charge < -0.3 is 24.4 Å². The van der Waals surface area contributed by atoms with E-state index in [0.29, 0.717) is 35.5 Å². The van der Waals surface area contributed by atoms with Gasteiger partial charge in [-0.2, -0.15) is 0 Å². The van der Waals surface area contributed by atoms with Crippen molar-refractivity contribution in [2.45, 2.75) is 89.8 Å². The summed E-state index contributed by atoms with van der Waals surface area (Å²) in [5.74, 6) is 1.03. The van der Waals surface area contributed by atoms with Gasteiger partial charge in [0.05, 0.1) is 10.7 Å². The minimum atomic E-state index is -0.596. The Hall–Kier alpha value is -6.03. The van der Waals surface area contributed by atoms with E-state index in [-0.39, 0.29) is 23.8 Å². The Balaban J connectivity index is 0.716. The van der Waals surface area contributed by atoms with E-state index in [1.807, 2.05) is 74.3 Å². The molecule has 4 aliphatic heterocycles. The van der Waals surface area contributed by atoms with Crippen molar-refractivity contribution in [2.75, 3.05) is 74.4 Å². The number of pyridine rings is 2. The van der Waals surface area contributed by atoms with Gasteiger partial charge in [0, 0.05) is 106 Å². The highest BCUT2D eigenvalue weighted by molar-refractivity contribution is 6.33. The van der Waals surface area contributed by atoms with Gasteiger partial charge in [0.1, 0.15) is 23.1 Å². The average Bonchev–Trinajstić information content (AvgIpc) is 3.68. The van der Waals surface area contributed by atoms with E-state index in [1.165, 1.54) is 11.3 Å². The topological polar surface area (TPSA) is 157 Å². The van der Waals surface area contributed by atoms with E-state index >= 15 is 0 Å². The molecule has 2 atom stereocenters. The van der Waals surface area contributed by atoms with E-state index in [0.717, 1.165) is 124 Å². The molecule has 69 heavy (non-hydrogen) atoms. The van der Waals surface area contributed by atoms with Crippen molar-refractivity contribution >= 4 is 63.6 Å². The SMILES string of the molecule is C[C@@H](c1cc2c(-c3ccc(NC(=O)OC(C)(C)C)nc3)ccnc2n1C)N1CCC(c2ccc(C(=O)N3CCC(CN4CCN(c5ccc(NC6CCC(=O)NC6=O)cc5Cl)CC4)CC3)cc2)CC1. The molecule has 15 nitrogen and oxygen atoms in total. The molecule has 4 saturated heterocycles. The van der Waals surface area contributed by atoms with E-state index in [9.17, 15) is 19.2 Å². The molecule has 0 saturated carbocycles. The maximum absolute atomic E-state index is 13.7. The third kappa shape index (κ3) is 11.2. The fraction of sp³-hybridized carbons (Fsp3) is 0.472. The van der Waals surface area contributed by atoms with Crippen LogP contribution in [-0.4, -0.2) is 124 Å². The second-order valence-electron chi connectivity index (χ2n) is 20.2. The number of amides is 4. The summed E-state index contributed by atoms with van der Waals surface area (Å²) < 4.78 is 7.58. The molecular weight excluding hydrogens is 892 g/mol. The molecule has 4 amide bonds. The van der Waals surface area contributed by atoms with Gasteiger partial charge in [-0.3, -0.25) is 34.8 Å². The smallest absolute Gasteiger partial charge is 0.413 e. The van der Waals surface area contributed by atoms with Crippen LogP contribution in [0.2, 0.25) is 5.02 Å². The van der Waals surface area contributed by atoms with Gasteiger partial charge in [-0.15, -0.1) is 0 Å². The molecule has 9 rings (SSSR count). The van der Waals surface area contributed by atoms with Gasteiger partial charge in [0.2, 0.25) is 11.8 Å². The number of fused-ring (bicyclic) bond motifs is 1. The average molecular weight is 958 g/mol. The van der Waals surface area contributed by atoms with Crippen LogP contribution in [0.15, 0.2) is 79.1 Å². The summed E-state index contributed by atoms with van der Waals surface area (Å²) in [6.07, 6.45) is 7.98. The molecule has 0 radical (unpaired) electrons. The predicted molar refractivity (Wildman–Crippen MR) is 271 cm³/mol. The van der Waals surface area contributed by atoms with Crippen LogP contribution >= 0.6 is 11.6 Å². The molecule has 4 aliphatic rings. The first-order valence-corrected chi connectivity index (χ1v) is 24.9. The number of nitrogens with one attached hydrogen (secondary N) is 3. The molecular formula is C53H65ClN10O5. The van der Waals surface area contributed by atoms with Gasteiger partial charge in [0.15, 0.2) is 0 Å². The zero-order chi connectivity index (χ0) is 48.4. The number of halogens is 1. The lowest BCUT2D eigenvalue weighted by Crippen LogP contribution is -2.49. The van der Waals surface area contributed by atoms with Crippen molar-refractivity contribution in [2.24, 2.45) is 13.0 Å². The molecule has 3 aromatic heterocycles. The fourth-order valence-electron chi connectivity index (χ4n) is 10.6. The van der Waals surface area contributed by atoms with Crippen LogP contribution in [0.3, 0.4) is 0 Å². The lowest BCUT2D eigenvalue weighted by Gasteiger charge is -2.40. The third-order valence-electron chi connectivity index (χ3n) is 14.5. The summed E-state index contributed by atoms with van der Waals surface area (Å²) in [6.45, 7) is 16.0. The van der Waals surface area contributed by atoms with Gasteiger partial charge in [-0.1, -0.05) is 23.7 Å². The number of nitrogens with zero attached hydrogens (tertiary/aromatic N) is 7. The lowest BCUT2D eigenvalue weighted by molar-refractivity contribution is -0.133. The number of carbonyl (C=O) groups is 4. The number of ether oxygens (including phenoxy) is 1. The molecule has 0 aliphatic carbocycles. The number of anilines is 3. The minimum absolute atomic E-state index is 0.128. The molecule has 16 heteroatoms. The van der Waals surface area contributed by atoms with Gasteiger partial charge in [-0.05, 0) is 150 Å². The number of aromatic nitrogens is 3. The first kappa shape index (κ1) is 48.0. The van der Waals surface area contributed by atoms with Crippen molar-refractivity contribution in [1.82, 2.24) is 34.6 Å². The Kier molecular flexibility index (Phi) is 14.3. The summed E-state index contributed by atoms with van der Waals surface area (Å²) in [4.78, 5) is 68.4. The molecule has 7 heterocycles. The number of rotatable bonds is 11.